The molecule has 0 aliphatic rings. The van der Waals surface area contributed by atoms with E-state index in [2.05, 4.69) is 15.6 Å². The number of benzene rings is 2. The quantitative estimate of drug-likeness (QED) is 0.103. The molecule has 3 aromatic rings. The Kier molecular flexibility index (Phi) is 7.26. The van der Waals surface area contributed by atoms with Gasteiger partial charge in [0.25, 0.3) is 0 Å². The highest BCUT2D eigenvalue weighted by Gasteiger charge is 2.28. The molecule has 0 atom stereocenters. The molecule has 11 heteroatoms. The summed E-state index contributed by atoms with van der Waals surface area (Å²) < 4.78 is 47.9. The number of halogens is 4. The van der Waals surface area contributed by atoms with Crippen molar-refractivity contribution < 1.29 is 27.5 Å². The molecule has 7 nitrogen and oxygen atoms in total. The zero-order chi connectivity index (χ0) is 23.3. The lowest BCUT2D eigenvalue weighted by molar-refractivity contribution is -0.138. The fourth-order valence-corrected chi connectivity index (χ4v) is 2.87. The van der Waals surface area contributed by atoms with E-state index in [1.807, 2.05) is 0 Å². The van der Waals surface area contributed by atoms with Crippen molar-refractivity contribution in [2.45, 2.75) is 13.5 Å². The molecule has 0 aliphatic heterocycles. The van der Waals surface area contributed by atoms with Gasteiger partial charge in [0.05, 0.1) is 24.9 Å². The summed E-state index contributed by atoms with van der Waals surface area (Å²) in [5.41, 5.74) is -0.131. The number of hydrogen-bond acceptors (Lipinski definition) is 6. The van der Waals surface area contributed by atoms with E-state index >= 15 is 0 Å². The number of aromatic nitrogens is 3. The summed E-state index contributed by atoms with van der Waals surface area (Å²) in [4.78, 5) is 25.0. The first-order valence-electron chi connectivity index (χ1n) is 9.26. The zero-order valence-electron chi connectivity index (χ0n) is 16.6. The molecule has 1 N–H and O–H groups in total. The molecule has 0 aliphatic carbocycles. The third kappa shape index (κ3) is 5.14. The van der Waals surface area contributed by atoms with Crippen LogP contribution in [0, 0.1) is 17.5 Å². The van der Waals surface area contributed by atoms with Crippen molar-refractivity contribution in [1.82, 2.24) is 15.0 Å². The van der Waals surface area contributed by atoms with E-state index in [4.69, 9.17) is 16.3 Å². The predicted octanol–water partition coefficient (Wildman–Crippen LogP) is 4.14. The third-order valence-corrected chi connectivity index (χ3v) is 4.57. The van der Waals surface area contributed by atoms with Crippen molar-refractivity contribution in [3.8, 4) is 0 Å². The minimum Gasteiger partial charge on any atom is -0.462 e. The van der Waals surface area contributed by atoms with Gasteiger partial charge in [-0.3, -0.25) is 4.79 Å². The van der Waals surface area contributed by atoms with Gasteiger partial charge in [-0.15, -0.1) is 5.10 Å². The van der Waals surface area contributed by atoms with Crippen molar-refractivity contribution in [2.24, 2.45) is 0 Å². The van der Waals surface area contributed by atoms with Crippen LogP contribution in [0.4, 0.5) is 18.9 Å². The predicted molar refractivity (Wildman–Crippen MR) is 110 cm³/mol. The summed E-state index contributed by atoms with van der Waals surface area (Å²) in [6.07, 6.45) is 4.26. The van der Waals surface area contributed by atoms with Crippen molar-refractivity contribution in [2.75, 3.05) is 11.9 Å². The molecule has 3 rings (SSSR count). The Morgan fingerprint density at radius 3 is 2.53 bits per heavy atom. The Hall–Kier alpha value is -3.66. The van der Waals surface area contributed by atoms with Gasteiger partial charge in [-0.1, -0.05) is 28.9 Å². The van der Waals surface area contributed by atoms with Crippen molar-refractivity contribution in [3.05, 3.63) is 88.1 Å². The lowest BCUT2D eigenvalue weighted by atomic mass is 10.0. The number of ether oxygens (including phenoxy) is 1. The highest BCUT2D eigenvalue weighted by molar-refractivity contribution is 6.32. The molecule has 0 saturated carbocycles. The zero-order valence-corrected chi connectivity index (χ0v) is 17.4. The Balaban J connectivity index is 1.86. The van der Waals surface area contributed by atoms with Crippen LogP contribution in [0.3, 0.4) is 0 Å². The largest absolute Gasteiger partial charge is 0.462 e. The van der Waals surface area contributed by atoms with Crippen LogP contribution in [0.25, 0.3) is 0 Å². The minimum absolute atomic E-state index is 0.0680. The van der Waals surface area contributed by atoms with Gasteiger partial charge in [-0.2, -0.15) is 0 Å². The molecule has 0 unspecified atom stereocenters. The molecular formula is C21H16ClF3N4O3. The first-order chi connectivity index (χ1) is 15.3. The molecule has 2 aromatic carbocycles. The maximum Gasteiger partial charge on any atom is 0.343 e. The molecule has 0 fully saturated rings. The Bertz CT molecular complexity index is 1170. The summed E-state index contributed by atoms with van der Waals surface area (Å²) in [5.74, 6) is -6.95. The maximum atomic E-state index is 14.3. The number of esters is 1. The Labute approximate surface area is 185 Å². The average molecular weight is 465 g/mol. The molecule has 166 valence electrons. The van der Waals surface area contributed by atoms with E-state index in [1.54, 1.807) is 41.3 Å². The Morgan fingerprint density at radius 1 is 1.19 bits per heavy atom. The maximum absolute atomic E-state index is 14.3. The third-order valence-electron chi connectivity index (χ3n) is 4.24. The summed E-state index contributed by atoms with van der Waals surface area (Å²) in [5, 5.41) is 9.13. The van der Waals surface area contributed by atoms with Crippen LogP contribution in [0.1, 0.15) is 22.8 Å². The van der Waals surface area contributed by atoms with Gasteiger partial charge in [0, 0.05) is 18.1 Å². The van der Waals surface area contributed by atoms with Crippen LogP contribution in [0.15, 0.2) is 54.5 Å². The normalized spacial score (nSPS) is 11.3. The van der Waals surface area contributed by atoms with Crippen LogP contribution in [-0.4, -0.2) is 33.4 Å². The second kappa shape index (κ2) is 10.1. The summed E-state index contributed by atoms with van der Waals surface area (Å²) in [7, 11) is 0. The smallest absolute Gasteiger partial charge is 0.343 e. The van der Waals surface area contributed by atoms with Crippen molar-refractivity contribution in [1.29, 1.82) is 0 Å². The number of nitrogens with zero attached hydrogens (tertiary/aromatic N) is 3. The van der Waals surface area contributed by atoms with Crippen LogP contribution >= 0.6 is 11.6 Å². The summed E-state index contributed by atoms with van der Waals surface area (Å²) in [6, 6.07) is 7.23. The molecule has 0 bridgehead atoms. The van der Waals surface area contributed by atoms with Gasteiger partial charge in [0.1, 0.15) is 10.6 Å². The first-order valence-corrected chi connectivity index (χ1v) is 9.64. The number of carbonyl (C=O) groups excluding carboxylic acids is 2. The van der Waals surface area contributed by atoms with Gasteiger partial charge in [0.15, 0.2) is 17.5 Å². The van der Waals surface area contributed by atoms with E-state index in [9.17, 15) is 22.8 Å². The topological polar surface area (TPSA) is 86.1 Å². The number of ketones is 1. The lowest BCUT2D eigenvalue weighted by Gasteiger charge is -2.10. The molecule has 0 spiro atoms. The van der Waals surface area contributed by atoms with Gasteiger partial charge in [-0.25, -0.2) is 22.6 Å². The first kappa shape index (κ1) is 23.0. The fraction of sp³-hybridized carbons (Fsp3) is 0.143. The molecule has 0 saturated heterocycles. The SMILES string of the molecule is CCOC(=O)C(=CNc1ccc(Cn2ccnn2)cc1)C(=O)c1cc(F)c(F)c(Cl)c1F. The number of nitrogens with one attached hydrogen (secondary N) is 1. The summed E-state index contributed by atoms with van der Waals surface area (Å²) in [6.45, 7) is 1.93. The van der Waals surface area contributed by atoms with E-state index in [0.29, 0.717) is 18.3 Å². The minimum atomic E-state index is -1.63. The number of Topliss-reactive ketones (excluding diaryl/α,β-unsaturated/α-hetero) is 1. The fourth-order valence-electron chi connectivity index (χ4n) is 2.68. The molecule has 0 radical (unpaired) electrons. The van der Waals surface area contributed by atoms with Gasteiger partial charge in [0.2, 0.25) is 5.78 Å². The van der Waals surface area contributed by atoms with Crippen LogP contribution in [-0.2, 0) is 16.1 Å². The number of hydrogen-bond donors (Lipinski definition) is 1. The molecule has 0 amide bonds. The molecular weight excluding hydrogens is 449 g/mol. The van der Waals surface area contributed by atoms with Gasteiger partial charge in [-0.05, 0) is 30.7 Å². The second-order valence-electron chi connectivity index (χ2n) is 6.40. The van der Waals surface area contributed by atoms with Crippen LogP contribution in [0.5, 0.6) is 0 Å². The van der Waals surface area contributed by atoms with E-state index in [-0.39, 0.29) is 6.61 Å². The summed E-state index contributed by atoms with van der Waals surface area (Å²) >= 11 is 5.41. The molecule has 32 heavy (non-hydrogen) atoms. The van der Waals surface area contributed by atoms with E-state index in [0.717, 1.165) is 11.8 Å². The van der Waals surface area contributed by atoms with Crippen LogP contribution < -0.4 is 5.32 Å². The van der Waals surface area contributed by atoms with Crippen molar-refractivity contribution >= 4 is 29.0 Å². The highest BCUT2D eigenvalue weighted by atomic mass is 35.5. The van der Waals surface area contributed by atoms with Gasteiger partial charge >= 0.3 is 5.97 Å². The van der Waals surface area contributed by atoms with E-state index in [1.165, 1.54) is 6.92 Å². The molecule has 1 heterocycles. The number of carbonyl (C=O) groups is 2. The lowest BCUT2D eigenvalue weighted by Crippen LogP contribution is -2.19. The average Bonchev–Trinajstić information content (AvgIpc) is 3.29. The van der Waals surface area contributed by atoms with Crippen LogP contribution in [0.2, 0.25) is 5.02 Å². The number of rotatable bonds is 8. The highest BCUT2D eigenvalue weighted by Crippen LogP contribution is 2.26. The number of anilines is 1. The van der Waals surface area contributed by atoms with E-state index < -0.39 is 45.4 Å². The standard InChI is InChI=1S/C21H16ClF3N4O3/c1-2-32-21(31)15(20(30)14-9-16(23)19(25)17(22)18(14)24)10-26-13-5-3-12(4-6-13)11-29-8-7-27-28-29/h3-10,26H,2,11H2,1H3. The monoisotopic (exact) mass is 464 g/mol. The molecule has 1 aromatic heterocycles. The van der Waals surface area contributed by atoms with Gasteiger partial charge < -0.3 is 10.1 Å². The second-order valence-corrected chi connectivity index (χ2v) is 6.78. The van der Waals surface area contributed by atoms with Crippen molar-refractivity contribution in [3.63, 3.8) is 0 Å². The Morgan fingerprint density at radius 2 is 1.91 bits per heavy atom.